The Morgan fingerprint density at radius 2 is 2.16 bits per heavy atom. The van der Waals surface area contributed by atoms with Gasteiger partial charge in [-0.05, 0) is 19.1 Å². The number of nitrogens with one attached hydrogen (secondary N) is 1. The molecule has 2 aromatic heterocycles. The van der Waals surface area contributed by atoms with Crippen LogP contribution in [0.3, 0.4) is 0 Å². The van der Waals surface area contributed by atoms with E-state index in [1.54, 1.807) is 0 Å². The number of carboxylic acids is 1. The number of carboxylic acid groups (broad SMARTS) is 1. The van der Waals surface area contributed by atoms with Crippen molar-refractivity contribution in [2.75, 3.05) is 4.72 Å². The van der Waals surface area contributed by atoms with Crippen LogP contribution in [0.2, 0.25) is 0 Å². The van der Waals surface area contributed by atoms with E-state index in [0.717, 1.165) is 18.3 Å². The third kappa shape index (κ3) is 2.85. The Labute approximate surface area is 107 Å². The molecule has 0 atom stereocenters. The maximum Gasteiger partial charge on any atom is 0.337 e. The number of pyridine rings is 1. The van der Waals surface area contributed by atoms with E-state index in [1.807, 2.05) is 4.72 Å². The molecule has 2 heterocycles. The van der Waals surface area contributed by atoms with Crippen LogP contribution in [0.25, 0.3) is 0 Å². The molecule has 100 valence electrons. The number of hydrogen-bond donors (Lipinski definition) is 2. The first kappa shape index (κ1) is 13.0. The summed E-state index contributed by atoms with van der Waals surface area (Å²) >= 11 is 0. The molecule has 2 aromatic rings. The summed E-state index contributed by atoms with van der Waals surface area (Å²) in [5, 5.41) is 11.7. The van der Waals surface area contributed by atoms with Crippen molar-refractivity contribution in [1.82, 2.24) is 15.1 Å². The summed E-state index contributed by atoms with van der Waals surface area (Å²) in [6, 6.07) is 1.90. The molecule has 0 unspecified atom stereocenters. The second-order valence-corrected chi connectivity index (χ2v) is 5.07. The highest BCUT2D eigenvalue weighted by Gasteiger charge is 2.19. The lowest BCUT2D eigenvalue weighted by atomic mass is 10.3. The lowest BCUT2D eigenvalue weighted by Crippen LogP contribution is -2.15. The van der Waals surface area contributed by atoms with Crippen molar-refractivity contribution in [2.24, 2.45) is 0 Å². The Kier molecular flexibility index (Phi) is 3.17. The average molecular weight is 284 g/mol. The van der Waals surface area contributed by atoms with Gasteiger partial charge in [-0.1, -0.05) is 5.16 Å². The fraction of sp³-hybridized carbons (Fsp3) is 0.111. The smallest absolute Gasteiger partial charge is 0.337 e. The van der Waals surface area contributed by atoms with Crippen LogP contribution >= 0.6 is 0 Å². The Hall–Kier alpha value is -2.49. The first-order valence-electron chi connectivity index (χ1n) is 4.91. The van der Waals surface area contributed by atoms with Crippen molar-refractivity contribution in [3.8, 4) is 0 Å². The van der Waals surface area contributed by atoms with Gasteiger partial charge in [-0.15, -0.1) is 0 Å². The van der Waals surface area contributed by atoms with Crippen LogP contribution < -0.4 is 4.72 Å². The Morgan fingerprint density at radius 3 is 2.63 bits per heavy atom. The van der Waals surface area contributed by atoms with Crippen LogP contribution in [0.15, 0.2) is 27.9 Å². The van der Waals surface area contributed by atoms with E-state index in [0.29, 0.717) is 0 Å². The van der Waals surface area contributed by atoms with Crippen molar-refractivity contribution in [3.63, 3.8) is 0 Å². The first-order valence-corrected chi connectivity index (χ1v) is 6.39. The second-order valence-electron chi connectivity index (χ2n) is 3.44. The number of carbonyl (C=O) groups is 1. The van der Waals surface area contributed by atoms with E-state index >= 15 is 0 Å². The molecule has 0 bridgehead atoms. The van der Waals surface area contributed by atoms with E-state index in [4.69, 9.17) is 5.11 Å². The fourth-order valence-corrected chi connectivity index (χ4v) is 2.03. The lowest BCUT2D eigenvalue weighted by Gasteiger charge is -2.02. The molecule has 0 fully saturated rings. The summed E-state index contributed by atoms with van der Waals surface area (Å²) in [6.07, 6.45) is 0.940. The molecule has 0 aliphatic rings. The molecule has 2 N–H and O–H groups in total. The van der Waals surface area contributed by atoms with Crippen molar-refractivity contribution in [3.05, 3.63) is 29.7 Å². The summed E-state index contributed by atoms with van der Waals surface area (Å²) in [5.74, 6) is -0.927. The molecular weight excluding hydrogens is 276 g/mol. The molecule has 0 aliphatic heterocycles. The van der Waals surface area contributed by atoms with Crippen molar-refractivity contribution >= 4 is 22.0 Å². The van der Waals surface area contributed by atoms with Gasteiger partial charge in [-0.3, -0.25) is 0 Å². The zero-order valence-electron chi connectivity index (χ0n) is 9.56. The van der Waals surface area contributed by atoms with Crippen LogP contribution in [-0.2, 0) is 10.0 Å². The largest absolute Gasteiger partial charge is 0.478 e. The molecule has 0 saturated carbocycles. The third-order valence-electron chi connectivity index (χ3n) is 2.01. The summed E-state index contributed by atoms with van der Waals surface area (Å²) in [6.45, 7) is 1.53. The maximum absolute atomic E-state index is 11.8. The minimum Gasteiger partial charge on any atom is -0.478 e. The standard InChI is InChI=1S/C9H8N4O5S/c1-5-11-9(18-12-5)13-19(16,17)7-3-2-6(4-10-7)8(14)15/h2-4H,1H3,(H,14,15)(H,11,12,13). The molecular formula is C9H8N4O5S. The number of aromatic carboxylic acids is 1. The molecule has 10 heteroatoms. The maximum atomic E-state index is 11.8. The number of sulfonamides is 1. The summed E-state index contributed by atoms with van der Waals surface area (Å²) in [5.41, 5.74) is -0.118. The Morgan fingerprint density at radius 1 is 1.42 bits per heavy atom. The van der Waals surface area contributed by atoms with Gasteiger partial charge < -0.3 is 9.63 Å². The van der Waals surface area contributed by atoms with Gasteiger partial charge in [0.15, 0.2) is 10.9 Å². The molecule has 0 radical (unpaired) electrons. The predicted molar refractivity (Wildman–Crippen MR) is 61.0 cm³/mol. The van der Waals surface area contributed by atoms with E-state index in [1.165, 1.54) is 6.92 Å². The molecule has 0 saturated heterocycles. The van der Waals surface area contributed by atoms with E-state index in [-0.39, 0.29) is 22.4 Å². The van der Waals surface area contributed by atoms with E-state index in [2.05, 4.69) is 19.6 Å². The molecule has 0 amide bonds. The quantitative estimate of drug-likeness (QED) is 0.816. The second kappa shape index (κ2) is 4.65. The number of aromatic nitrogens is 3. The van der Waals surface area contributed by atoms with Gasteiger partial charge in [0, 0.05) is 6.20 Å². The van der Waals surface area contributed by atoms with Gasteiger partial charge >= 0.3 is 12.0 Å². The van der Waals surface area contributed by atoms with Crippen LogP contribution in [0, 0.1) is 6.92 Å². The summed E-state index contributed by atoms with van der Waals surface area (Å²) < 4.78 is 30.3. The van der Waals surface area contributed by atoms with Crippen LogP contribution in [0.4, 0.5) is 6.01 Å². The topological polar surface area (TPSA) is 135 Å². The van der Waals surface area contributed by atoms with Crippen molar-refractivity contribution in [2.45, 2.75) is 11.9 Å². The predicted octanol–water partition coefficient (Wildman–Crippen LogP) is 0.272. The first-order chi connectivity index (χ1) is 8.88. The zero-order chi connectivity index (χ0) is 14.0. The van der Waals surface area contributed by atoms with Crippen molar-refractivity contribution < 1.29 is 22.8 Å². The molecule has 0 spiro atoms. The summed E-state index contributed by atoms with van der Waals surface area (Å²) in [4.78, 5) is 17.8. The lowest BCUT2D eigenvalue weighted by molar-refractivity contribution is 0.0696. The van der Waals surface area contributed by atoms with Gasteiger partial charge in [0.2, 0.25) is 0 Å². The third-order valence-corrected chi connectivity index (χ3v) is 3.24. The van der Waals surface area contributed by atoms with Gasteiger partial charge in [0.05, 0.1) is 5.56 Å². The van der Waals surface area contributed by atoms with Crippen LogP contribution in [0.1, 0.15) is 16.2 Å². The number of anilines is 1. The summed E-state index contributed by atoms with van der Waals surface area (Å²) in [7, 11) is -3.99. The Bertz CT molecular complexity index is 706. The molecule has 0 aliphatic carbocycles. The monoisotopic (exact) mass is 284 g/mol. The highest BCUT2D eigenvalue weighted by molar-refractivity contribution is 7.92. The van der Waals surface area contributed by atoms with Gasteiger partial charge in [0.1, 0.15) is 0 Å². The molecule has 2 rings (SSSR count). The molecule has 0 aromatic carbocycles. The number of hydrogen-bond acceptors (Lipinski definition) is 7. The Balaban J connectivity index is 2.26. The number of rotatable bonds is 4. The normalized spacial score (nSPS) is 11.2. The van der Waals surface area contributed by atoms with E-state index in [9.17, 15) is 13.2 Å². The average Bonchev–Trinajstić information content (AvgIpc) is 2.74. The highest BCUT2D eigenvalue weighted by atomic mass is 32.2. The van der Waals surface area contributed by atoms with Crippen molar-refractivity contribution in [1.29, 1.82) is 0 Å². The van der Waals surface area contributed by atoms with Crippen LogP contribution in [-0.4, -0.2) is 34.6 Å². The molecule has 19 heavy (non-hydrogen) atoms. The minimum absolute atomic E-state index is 0.118. The minimum atomic E-state index is -3.99. The SMILES string of the molecule is Cc1noc(NS(=O)(=O)c2ccc(C(=O)O)cn2)n1. The van der Waals surface area contributed by atoms with E-state index < -0.39 is 16.0 Å². The van der Waals surface area contributed by atoms with Gasteiger partial charge in [-0.25, -0.2) is 14.5 Å². The van der Waals surface area contributed by atoms with Crippen LogP contribution in [0.5, 0.6) is 0 Å². The zero-order valence-corrected chi connectivity index (χ0v) is 10.4. The van der Waals surface area contributed by atoms with Gasteiger partial charge in [0.25, 0.3) is 10.0 Å². The highest BCUT2D eigenvalue weighted by Crippen LogP contribution is 2.12. The number of nitrogens with zero attached hydrogens (tertiary/aromatic N) is 3. The number of aryl methyl sites for hydroxylation is 1. The molecule has 9 nitrogen and oxygen atoms in total. The van der Waals surface area contributed by atoms with Gasteiger partial charge in [-0.2, -0.15) is 13.4 Å². The fourth-order valence-electron chi connectivity index (χ4n) is 1.17.